The van der Waals surface area contributed by atoms with Crippen molar-refractivity contribution in [3.8, 4) is 0 Å². The number of nitrogens with zero attached hydrogens (tertiary/aromatic N) is 1. The van der Waals surface area contributed by atoms with Crippen LogP contribution in [0.1, 0.15) is 41.6 Å². The summed E-state index contributed by atoms with van der Waals surface area (Å²) in [6.07, 6.45) is -4.44. The molecule has 190 valence electrons. The summed E-state index contributed by atoms with van der Waals surface area (Å²) in [5.74, 6) is -0.406. The van der Waals surface area contributed by atoms with E-state index in [0.717, 1.165) is 4.57 Å². The number of alkyl halides is 1. The topological polar surface area (TPSA) is 135 Å². The molecule has 4 rings (SSSR count). The van der Waals surface area contributed by atoms with Gasteiger partial charge in [0.15, 0.2) is 12.4 Å². The van der Waals surface area contributed by atoms with Gasteiger partial charge in [0.25, 0.3) is 5.56 Å². The van der Waals surface area contributed by atoms with E-state index in [0.29, 0.717) is 5.56 Å². The summed E-state index contributed by atoms with van der Waals surface area (Å²) in [6.45, 7) is 4.88. The Labute approximate surface area is 199 Å². The molecular formula is C22H26FN2O9P. The molecule has 2 fully saturated rings. The number of carbonyl (C=O) groups is 1. The van der Waals surface area contributed by atoms with Gasteiger partial charge in [0.05, 0.1) is 25.4 Å². The van der Waals surface area contributed by atoms with Crippen LogP contribution in [-0.4, -0.2) is 47.1 Å². The maximum absolute atomic E-state index is 15.3. The first-order valence-corrected chi connectivity index (χ1v) is 12.5. The normalized spacial score (nSPS) is 28.1. The molecule has 1 aromatic carbocycles. The van der Waals surface area contributed by atoms with Gasteiger partial charge in [-0.05, 0) is 24.5 Å². The van der Waals surface area contributed by atoms with Gasteiger partial charge in [-0.25, -0.2) is 18.5 Å². The molecule has 11 nitrogen and oxygen atoms in total. The highest BCUT2D eigenvalue weighted by Crippen LogP contribution is 2.57. The number of H-pyrrole nitrogens is 1. The van der Waals surface area contributed by atoms with Gasteiger partial charge < -0.3 is 9.47 Å². The maximum Gasteiger partial charge on any atom is 0.475 e. The molecule has 2 aliphatic rings. The zero-order chi connectivity index (χ0) is 25.3. The molecular weight excluding hydrogens is 486 g/mol. The van der Waals surface area contributed by atoms with E-state index in [-0.39, 0.29) is 36.9 Å². The van der Waals surface area contributed by atoms with Crippen LogP contribution >= 0.6 is 7.82 Å². The van der Waals surface area contributed by atoms with Crippen molar-refractivity contribution in [2.24, 2.45) is 5.92 Å². The second kappa shape index (κ2) is 10.2. The van der Waals surface area contributed by atoms with Crippen molar-refractivity contribution >= 4 is 13.8 Å². The van der Waals surface area contributed by atoms with Crippen LogP contribution in [0.5, 0.6) is 0 Å². The van der Waals surface area contributed by atoms with Gasteiger partial charge in [0.1, 0.15) is 12.2 Å². The van der Waals surface area contributed by atoms with Crippen molar-refractivity contribution in [2.45, 2.75) is 52.0 Å². The average molecular weight is 512 g/mol. The molecule has 1 unspecified atom stereocenters. The number of hydrogen-bond donors (Lipinski definition) is 1. The molecule has 0 amide bonds. The van der Waals surface area contributed by atoms with E-state index in [4.69, 9.17) is 23.0 Å². The number of halogens is 1. The summed E-state index contributed by atoms with van der Waals surface area (Å²) < 4.78 is 56.1. The highest BCUT2D eigenvalue weighted by Gasteiger charge is 2.54. The summed E-state index contributed by atoms with van der Waals surface area (Å²) in [4.78, 5) is 38.3. The fourth-order valence-electron chi connectivity index (χ4n) is 3.68. The molecule has 2 aliphatic heterocycles. The number of hydrogen-bond acceptors (Lipinski definition) is 9. The van der Waals surface area contributed by atoms with Crippen molar-refractivity contribution in [2.75, 3.05) is 13.2 Å². The number of phosphoric acid groups is 1. The van der Waals surface area contributed by atoms with Gasteiger partial charge in [-0.2, -0.15) is 0 Å². The number of nitrogens with one attached hydrogen (secondary N) is 1. The van der Waals surface area contributed by atoms with Crippen LogP contribution < -0.4 is 11.2 Å². The van der Waals surface area contributed by atoms with Gasteiger partial charge in [-0.15, -0.1) is 0 Å². The summed E-state index contributed by atoms with van der Waals surface area (Å²) in [5.41, 5.74) is -0.642. The van der Waals surface area contributed by atoms with E-state index in [1.165, 1.54) is 13.1 Å². The number of benzene rings is 1. The van der Waals surface area contributed by atoms with Crippen molar-refractivity contribution in [1.82, 2.24) is 9.55 Å². The molecule has 0 bridgehead atoms. The molecule has 2 aromatic rings. The van der Waals surface area contributed by atoms with Crippen LogP contribution in [0.3, 0.4) is 0 Å². The number of aromatic amines is 1. The van der Waals surface area contributed by atoms with Gasteiger partial charge in [0, 0.05) is 11.8 Å². The lowest BCUT2D eigenvalue weighted by atomic mass is 10.1. The van der Waals surface area contributed by atoms with Gasteiger partial charge in [-0.3, -0.25) is 27.9 Å². The first-order valence-electron chi connectivity index (χ1n) is 11.0. The Balaban J connectivity index is 1.45. The number of fused-ring (bicyclic) bond motifs is 1. The first kappa shape index (κ1) is 25.5. The molecule has 13 heteroatoms. The number of aryl methyl sites for hydroxylation is 1. The Morgan fingerprint density at radius 2 is 2.06 bits per heavy atom. The third-order valence-electron chi connectivity index (χ3n) is 5.50. The van der Waals surface area contributed by atoms with E-state index in [1.807, 2.05) is 13.8 Å². The van der Waals surface area contributed by atoms with Crippen LogP contribution in [-0.2, 0) is 34.2 Å². The lowest BCUT2D eigenvalue weighted by molar-refractivity contribution is -0.0731. The van der Waals surface area contributed by atoms with Crippen LogP contribution in [0.4, 0.5) is 4.39 Å². The van der Waals surface area contributed by atoms with Crippen molar-refractivity contribution in [3.05, 3.63) is 68.0 Å². The number of carbonyl (C=O) groups excluding carboxylic acids is 1. The minimum atomic E-state index is -4.23. The van der Waals surface area contributed by atoms with Crippen LogP contribution in [0.2, 0.25) is 0 Å². The minimum Gasteiger partial charge on any atom is -0.462 e. The second-order valence-electron chi connectivity index (χ2n) is 8.72. The fourth-order valence-corrected chi connectivity index (χ4v) is 5.05. The van der Waals surface area contributed by atoms with E-state index >= 15 is 4.39 Å². The minimum absolute atomic E-state index is 0.150. The van der Waals surface area contributed by atoms with E-state index in [2.05, 4.69) is 4.98 Å². The largest absolute Gasteiger partial charge is 0.475 e. The SMILES string of the molecule is Cc1cn([C@H]2O[C@H]3COP(=O)(OCc4ccccc4C(=O)OCC(C)C)O[C@@H]3[C@H]2F)c(=O)[nH]c1=O. The Morgan fingerprint density at radius 1 is 1.31 bits per heavy atom. The molecule has 0 aliphatic carbocycles. The Hall–Kier alpha value is -2.63. The van der Waals surface area contributed by atoms with E-state index in [9.17, 15) is 18.9 Å². The molecule has 0 radical (unpaired) electrons. The number of aromatic nitrogens is 2. The lowest BCUT2D eigenvalue weighted by Crippen LogP contribution is -2.39. The predicted molar refractivity (Wildman–Crippen MR) is 120 cm³/mol. The summed E-state index contributed by atoms with van der Waals surface area (Å²) in [5, 5.41) is 0. The third-order valence-corrected chi connectivity index (χ3v) is 6.91. The number of rotatable bonds is 7. The second-order valence-corrected chi connectivity index (χ2v) is 10.3. The van der Waals surface area contributed by atoms with Crippen molar-refractivity contribution in [3.63, 3.8) is 0 Å². The zero-order valence-corrected chi connectivity index (χ0v) is 20.2. The van der Waals surface area contributed by atoms with Crippen LogP contribution in [0.15, 0.2) is 40.1 Å². The Kier molecular flexibility index (Phi) is 7.39. The van der Waals surface area contributed by atoms with Gasteiger partial charge >= 0.3 is 19.5 Å². The van der Waals surface area contributed by atoms with Gasteiger partial charge in [-0.1, -0.05) is 32.0 Å². The van der Waals surface area contributed by atoms with E-state index < -0.39 is 49.6 Å². The number of phosphoric ester groups is 1. The monoisotopic (exact) mass is 512 g/mol. The Bertz CT molecular complexity index is 1260. The highest BCUT2D eigenvalue weighted by molar-refractivity contribution is 7.48. The quantitative estimate of drug-likeness (QED) is 0.439. The van der Waals surface area contributed by atoms with Crippen LogP contribution in [0, 0.1) is 12.8 Å². The van der Waals surface area contributed by atoms with Gasteiger partial charge in [0.2, 0.25) is 0 Å². The standard InChI is InChI=1S/C22H26FN2O9P/c1-12(2)9-30-21(27)15-7-5-4-6-14(15)10-31-35(29)32-11-16-18(34-35)17(23)20(33-16)25-8-13(3)19(26)24-22(25)28/h4-8,12,16-18,20H,9-11H2,1-3H3,(H,24,26,28)/t16-,17+,18-,20-,35?/m0/s1. The summed E-state index contributed by atoms with van der Waals surface area (Å²) in [6, 6.07) is 6.47. The number of esters is 1. The summed E-state index contributed by atoms with van der Waals surface area (Å²) >= 11 is 0. The number of ether oxygens (including phenoxy) is 2. The van der Waals surface area contributed by atoms with Crippen molar-refractivity contribution < 1.29 is 36.8 Å². The first-order chi connectivity index (χ1) is 16.6. The Morgan fingerprint density at radius 3 is 2.80 bits per heavy atom. The molecule has 3 heterocycles. The average Bonchev–Trinajstić information content (AvgIpc) is 3.14. The molecule has 35 heavy (non-hydrogen) atoms. The summed E-state index contributed by atoms with van der Waals surface area (Å²) in [7, 11) is -4.23. The smallest absolute Gasteiger partial charge is 0.462 e. The zero-order valence-electron chi connectivity index (χ0n) is 19.3. The predicted octanol–water partition coefficient (Wildman–Crippen LogP) is 2.63. The molecule has 1 aromatic heterocycles. The molecule has 2 saturated heterocycles. The molecule has 5 atom stereocenters. The molecule has 1 N–H and O–H groups in total. The van der Waals surface area contributed by atoms with E-state index in [1.54, 1.807) is 24.3 Å². The lowest BCUT2D eigenvalue weighted by Gasteiger charge is -2.30. The maximum atomic E-state index is 15.3. The molecule has 0 spiro atoms. The molecule has 0 saturated carbocycles. The third kappa shape index (κ3) is 5.46. The fraction of sp³-hybridized carbons (Fsp3) is 0.500. The van der Waals surface area contributed by atoms with Crippen LogP contribution in [0.25, 0.3) is 0 Å². The van der Waals surface area contributed by atoms with Crippen molar-refractivity contribution in [1.29, 1.82) is 0 Å². The highest BCUT2D eigenvalue weighted by atomic mass is 31.2.